The van der Waals surface area contributed by atoms with Gasteiger partial charge in [0.05, 0.1) is 25.6 Å². The minimum Gasteiger partial charge on any atom is -0.420 e. The van der Waals surface area contributed by atoms with E-state index in [1.165, 1.54) is 4.90 Å². The molecule has 1 saturated heterocycles. The molecule has 0 aliphatic carbocycles. The number of aromatic amines is 1. The molecule has 0 atom stereocenters. The van der Waals surface area contributed by atoms with Gasteiger partial charge in [-0.15, -0.1) is 5.10 Å². The van der Waals surface area contributed by atoms with Crippen LogP contribution in [0.5, 0.6) is 5.88 Å². The number of H-pyrrole nitrogens is 1. The lowest BCUT2D eigenvalue weighted by molar-refractivity contribution is -0.886. The zero-order valence-electron chi connectivity index (χ0n) is 13.3. The van der Waals surface area contributed by atoms with Gasteiger partial charge in [0.1, 0.15) is 11.6 Å². The van der Waals surface area contributed by atoms with Crippen molar-refractivity contribution in [3.63, 3.8) is 0 Å². The predicted molar refractivity (Wildman–Crippen MR) is 82.2 cm³/mol. The number of nitrogens with zero attached hydrogens (tertiary/aromatic N) is 2. The molecule has 0 amide bonds. The quantitative estimate of drug-likeness (QED) is 0.753. The van der Waals surface area contributed by atoms with Gasteiger partial charge in [0.15, 0.2) is 0 Å². The number of ether oxygens (including phenoxy) is 1. The van der Waals surface area contributed by atoms with Gasteiger partial charge in [-0.05, 0) is 12.8 Å². The Balaban J connectivity index is 2.09. The van der Waals surface area contributed by atoms with Crippen LogP contribution in [0.4, 0.5) is 0 Å². The second kappa shape index (κ2) is 5.65. The molecule has 0 radical (unpaired) electrons. The third-order valence-electron chi connectivity index (χ3n) is 5.07. The van der Waals surface area contributed by atoms with Crippen LogP contribution in [0, 0.1) is 11.3 Å². The van der Waals surface area contributed by atoms with Crippen molar-refractivity contribution in [2.24, 2.45) is 5.73 Å². The molecule has 4 N–H and O–H groups in total. The van der Waals surface area contributed by atoms with E-state index in [9.17, 15) is 5.26 Å². The van der Waals surface area contributed by atoms with Gasteiger partial charge in [-0.1, -0.05) is 13.3 Å². The Labute approximate surface area is 130 Å². The summed E-state index contributed by atoms with van der Waals surface area (Å²) in [5, 5.41) is 17.1. The van der Waals surface area contributed by atoms with E-state index in [4.69, 9.17) is 10.5 Å². The van der Waals surface area contributed by atoms with Crippen LogP contribution in [0.15, 0.2) is 11.5 Å². The summed E-state index contributed by atoms with van der Waals surface area (Å²) in [6.45, 7) is 4.22. The molecule has 6 heteroatoms. The fourth-order valence-electron chi connectivity index (χ4n) is 3.74. The Kier molecular flexibility index (Phi) is 3.83. The first kappa shape index (κ1) is 14.9. The van der Waals surface area contributed by atoms with Crippen molar-refractivity contribution in [3.8, 4) is 11.9 Å². The van der Waals surface area contributed by atoms with Gasteiger partial charge in [-0.2, -0.15) is 5.26 Å². The fourth-order valence-corrected chi connectivity index (χ4v) is 3.74. The van der Waals surface area contributed by atoms with E-state index in [1.54, 1.807) is 0 Å². The number of quaternary nitrogens is 1. The largest absolute Gasteiger partial charge is 0.420 e. The van der Waals surface area contributed by atoms with E-state index >= 15 is 0 Å². The molecule has 0 saturated carbocycles. The Bertz CT molecular complexity index is 631. The van der Waals surface area contributed by atoms with E-state index in [2.05, 4.69) is 30.2 Å². The molecule has 1 fully saturated rings. The molecule has 3 rings (SSSR count). The highest BCUT2D eigenvalue weighted by molar-refractivity contribution is 5.54. The van der Waals surface area contributed by atoms with Crippen molar-refractivity contribution < 1.29 is 9.64 Å². The van der Waals surface area contributed by atoms with E-state index in [-0.39, 0.29) is 11.3 Å². The number of aromatic nitrogens is 2. The number of rotatable bonds is 3. The number of fused-ring (bicyclic) bond motifs is 2. The molecular formula is C16H24N5O+. The van der Waals surface area contributed by atoms with Crippen molar-refractivity contribution in [2.75, 3.05) is 20.1 Å². The number of allylic oxidation sites excluding steroid dienone is 1. The van der Waals surface area contributed by atoms with Crippen molar-refractivity contribution in [1.29, 1.82) is 5.26 Å². The standard InChI is InChI=1S/C16H23N5O/c1-3-4-5-12-13-15(20-19-12)22-14(18)11(10-17)16(13)6-8-21(2)9-7-16/h3-9,18H2,1-2H3,(H,19,20)/p+1. The number of aryl methyl sites for hydroxylation is 1. The highest BCUT2D eigenvalue weighted by Crippen LogP contribution is 2.48. The lowest BCUT2D eigenvalue weighted by Crippen LogP contribution is -3.10. The number of unbranched alkanes of at least 4 members (excludes halogenated alkanes) is 1. The third-order valence-corrected chi connectivity index (χ3v) is 5.07. The van der Waals surface area contributed by atoms with Crippen molar-refractivity contribution in [2.45, 2.75) is 44.4 Å². The normalized spacial score (nSPS) is 27.4. The summed E-state index contributed by atoms with van der Waals surface area (Å²) < 4.78 is 5.64. The summed E-state index contributed by atoms with van der Waals surface area (Å²) in [6.07, 6.45) is 4.98. The zero-order valence-corrected chi connectivity index (χ0v) is 13.3. The summed E-state index contributed by atoms with van der Waals surface area (Å²) in [4.78, 5) is 1.49. The van der Waals surface area contributed by atoms with Crippen LogP contribution < -0.4 is 15.4 Å². The van der Waals surface area contributed by atoms with Gasteiger partial charge in [-0.25, -0.2) is 0 Å². The SMILES string of the molecule is CCCCc1[nH]nc2c1C1(CC[NH+](C)CC1)C(C#N)=C(N)O2. The molecule has 6 nitrogen and oxygen atoms in total. The van der Waals surface area contributed by atoms with Crippen molar-refractivity contribution >= 4 is 0 Å². The summed E-state index contributed by atoms with van der Waals surface area (Å²) >= 11 is 0. The van der Waals surface area contributed by atoms with Crippen molar-refractivity contribution in [3.05, 3.63) is 22.7 Å². The topological polar surface area (TPSA) is 92.2 Å². The summed E-state index contributed by atoms with van der Waals surface area (Å²) in [5.41, 5.74) is 8.49. The van der Waals surface area contributed by atoms with Crippen LogP contribution in [-0.4, -0.2) is 30.3 Å². The monoisotopic (exact) mass is 302 g/mol. The zero-order chi connectivity index (χ0) is 15.7. The smallest absolute Gasteiger partial charge is 0.244 e. The first-order valence-corrected chi connectivity index (χ1v) is 8.09. The van der Waals surface area contributed by atoms with Crippen LogP contribution in [-0.2, 0) is 11.8 Å². The van der Waals surface area contributed by atoms with E-state index in [1.807, 2.05) is 0 Å². The Morgan fingerprint density at radius 1 is 1.45 bits per heavy atom. The highest BCUT2D eigenvalue weighted by atomic mass is 16.5. The molecule has 2 aliphatic heterocycles. The summed E-state index contributed by atoms with van der Waals surface area (Å²) in [5.74, 6) is 0.797. The van der Waals surface area contributed by atoms with Crippen LogP contribution in [0.25, 0.3) is 0 Å². The molecule has 1 aromatic heterocycles. The fraction of sp³-hybridized carbons (Fsp3) is 0.625. The molecule has 2 aliphatic rings. The first-order valence-electron chi connectivity index (χ1n) is 8.09. The molecule has 1 spiro atoms. The number of nitrogens with one attached hydrogen (secondary N) is 2. The molecule has 3 heterocycles. The lowest BCUT2D eigenvalue weighted by atomic mass is 9.66. The van der Waals surface area contributed by atoms with E-state index in [0.29, 0.717) is 11.5 Å². The Hall–Kier alpha value is -2.00. The van der Waals surface area contributed by atoms with Gasteiger partial charge >= 0.3 is 0 Å². The van der Waals surface area contributed by atoms with Gasteiger partial charge in [0.2, 0.25) is 11.8 Å². The molecule has 1 aromatic rings. The van der Waals surface area contributed by atoms with Gasteiger partial charge < -0.3 is 15.4 Å². The predicted octanol–water partition coefficient (Wildman–Crippen LogP) is 0.385. The maximum Gasteiger partial charge on any atom is 0.244 e. The van der Waals surface area contributed by atoms with Crippen LogP contribution in [0.2, 0.25) is 0 Å². The Morgan fingerprint density at radius 3 is 2.82 bits per heavy atom. The number of nitriles is 1. The molecule has 0 aromatic carbocycles. The van der Waals surface area contributed by atoms with Crippen LogP contribution in [0.3, 0.4) is 0 Å². The maximum atomic E-state index is 9.67. The number of hydrogen-bond acceptors (Lipinski definition) is 4. The molecular weight excluding hydrogens is 278 g/mol. The summed E-state index contributed by atoms with van der Waals surface area (Å²) in [7, 11) is 2.19. The van der Waals surface area contributed by atoms with E-state index in [0.717, 1.165) is 56.5 Å². The minimum atomic E-state index is -0.317. The molecule has 22 heavy (non-hydrogen) atoms. The average Bonchev–Trinajstić information content (AvgIpc) is 2.91. The van der Waals surface area contributed by atoms with Crippen LogP contribution in [0.1, 0.15) is 43.9 Å². The molecule has 0 bridgehead atoms. The van der Waals surface area contributed by atoms with Gasteiger partial charge in [-0.3, -0.25) is 5.10 Å². The second-order valence-electron chi connectivity index (χ2n) is 6.48. The highest BCUT2D eigenvalue weighted by Gasteiger charge is 2.49. The average molecular weight is 302 g/mol. The maximum absolute atomic E-state index is 9.67. The van der Waals surface area contributed by atoms with Crippen molar-refractivity contribution in [1.82, 2.24) is 10.2 Å². The first-order chi connectivity index (χ1) is 10.6. The van der Waals surface area contributed by atoms with Crippen LogP contribution >= 0.6 is 0 Å². The number of likely N-dealkylation sites (tertiary alicyclic amines) is 1. The third kappa shape index (κ3) is 2.17. The number of nitrogens with two attached hydrogens (primary N) is 1. The number of piperidine rings is 1. The minimum absolute atomic E-state index is 0.225. The second-order valence-corrected chi connectivity index (χ2v) is 6.48. The summed E-state index contributed by atoms with van der Waals surface area (Å²) in [6, 6.07) is 2.32. The number of hydrogen-bond donors (Lipinski definition) is 3. The molecule has 0 unspecified atom stereocenters. The van der Waals surface area contributed by atoms with E-state index < -0.39 is 0 Å². The lowest BCUT2D eigenvalue weighted by Gasteiger charge is -2.40. The van der Waals surface area contributed by atoms with Gasteiger partial charge in [0.25, 0.3) is 0 Å². The Morgan fingerprint density at radius 2 is 2.18 bits per heavy atom. The molecule has 118 valence electrons. The van der Waals surface area contributed by atoms with Gasteiger partial charge in [0, 0.05) is 24.1 Å².